The van der Waals surface area contributed by atoms with Crippen LogP contribution in [0.15, 0.2) is 52.9 Å². The second-order valence-electron chi connectivity index (χ2n) is 7.80. The Hall–Kier alpha value is -1.82. The maximum atomic E-state index is 12.6. The molecule has 0 saturated heterocycles. The van der Waals surface area contributed by atoms with Crippen LogP contribution in [0.4, 0.5) is 0 Å². The van der Waals surface area contributed by atoms with Gasteiger partial charge in [-0.2, -0.15) is 0 Å². The molecule has 0 bridgehead atoms. The van der Waals surface area contributed by atoms with E-state index in [-0.39, 0.29) is 10.8 Å². The summed E-state index contributed by atoms with van der Waals surface area (Å²) in [5.74, 6) is 0.624. The molecular weight excluding hydrogens is 356 g/mol. The van der Waals surface area contributed by atoms with Crippen molar-refractivity contribution in [2.24, 2.45) is 0 Å². The zero-order chi connectivity index (χ0) is 19.4. The lowest BCUT2D eigenvalue weighted by atomic mass is 10.0. The first kappa shape index (κ1) is 19.9. The summed E-state index contributed by atoms with van der Waals surface area (Å²) in [5.41, 5.74) is 3.74. The molecule has 0 spiro atoms. The van der Waals surface area contributed by atoms with Crippen LogP contribution in [0.2, 0.25) is 0 Å². The Morgan fingerprint density at radius 3 is 2.44 bits per heavy atom. The molecular formula is C22H28N2O2S. The molecule has 2 atom stereocenters. The van der Waals surface area contributed by atoms with Crippen molar-refractivity contribution in [3.63, 3.8) is 0 Å². The summed E-state index contributed by atoms with van der Waals surface area (Å²) >= 11 is -1.10. The van der Waals surface area contributed by atoms with Gasteiger partial charge in [-0.1, -0.05) is 44.0 Å². The van der Waals surface area contributed by atoms with E-state index < -0.39 is 11.4 Å². The zero-order valence-electron chi connectivity index (χ0n) is 16.5. The molecule has 5 heteroatoms. The number of aromatic nitrogens is 1. The minimum atomic E-state index is -1.10. The van der Waals surface area contributed by atoms with Crippen LogP contribution >= 0.6 is 0 Å². The molecule has 4 nitrogen and oxygen atoms in total. The molecule has 1 aromatic heterocycles. The molecule has 27 heavy (non-hydrogen) atoms. The molecule has 0 fully saturated rings. The van der Waals surface area contributed by atoms with Crippen LogP contribution in [0.3, 0.4) is 0 Å². The summed E-state index contributed by atoms with van der Waals surface area (Å²) in [6.45, 7) is 8.14. The van der Waals surface area contributed by atoms with Crippen LogP contribution in [-0.4, -0.2) is 14.3 Å². The number of para-hydroxylation sites is 2. The topological polar surface area (TPSA) is 61.1 Å². The fourth-order valence-electron chi connectivity index (χ4n) is 2.86. The van der Waals surface area contributed by atoms with Gasteiger partial charge in [0.1, 0.15) is 10.3 Å². The van der Waals surface area contributed by atoms with Crippen LogP contribution in [0.5, 0.6) is 0 Å². The third kappa shape index (κ3) is 4.92. The maximum absolute atomic E-state index is 12.6. The predicted octanol–water partition coefficient (Wildman–Crippen LogP) is 5.78. The van der Waals surface area contributed by atoms with Crippen molar-refractivity contribution < 1.29 is 8.97 Å². The lowest BCUT2D eigenvalue weighted by Crippen LogP contribution is -2.41. The maximum Gasteiger partial charge on any atom is 0.227 e. The summed E-state index contributed by atoms with van der Waals surface area (Å²) < 4.78 is 21.5. The minimum Gasteiger partial charge on any atom is -0.598 e. The summed E-state index contributed by atoms with van der Waals surface area (Å²) in [5, 5.41) is 0. The molecule has 3 rings (SSSR count). The number of nitrogens with one attached hydrogen (secondary N) is 1. The van der Waals surface area contributed by atoms with Gasteiger partial charge in [-0.05, 0) is 57.0 Å². The van der Waals surface area contributed by atoms with Gasteiger partial charge < -0.3 is 8.97 Å². The number of rotatable bonds is 7. The van der Waals surface area contributed by atoms with Crippen LogP contribution in [0.1, 0.15) is 58.6 Å². The number of unbranched alkanes of at least 4 members (excludes halogenated alkanes) is 1. The molecule has 2 unspecified atom stereocenters. The molecule has 1 heterocycles. The van der Waals surface area contributed by atoms with E-state index in [9.17, 15) is 4.55 Å². The van der Waals surface area contributed by atoms with Crippen molar-refractivity contribution >= 4 is 22.5 Å². The molecule has 144 valence electrons. The van der Waals surface area contributed by atoms with E-state index >= 15 is 0 Å². The van der Waals surface area contributed by atoms with Crippen LogP contribution in [0, 0.1) is 0 Å². The number of hydrogen-bond acceptors (Lipinski definition) is 4. The average Bonchev–Trinajstić information content (AvgIpc) is 3.08. The highest BCUT2D eigenvalue weighted by molar-refractivity contribution is 7.90. The van der Waals surface area contributed by atoms with Crippen molar-refractivity contribution in [2.45, 2.75) is 57.7 Å². The van der Waals surface area contributed by atoms with Crippen molar-refractivity contribution in [1.29, 1.82) is 0 Å². The highest BCUT2D eigenvalue weighted by Crippen LogP contribution is 2.28. The molecule has 0 amide bonds. The van der Waals surface area contributed by atoms with E-state index in [0.29, 0.717) is 5.89 Å². The van der Waals surface area contributed by atoms with Gasteiger partial charge >= 0.3 is 0 Å². The van der Waals surface area contributed by atoms with Crippen molar-refractivity contribution in [2.75, 3.05) is 0 Å². The first-order chi connectivity index (χ1) is 12.9. The molecule has 0 aliphatic carbocycles. The standard InChI is InChI=1S/C22H28N2O2S/c1-5-6-9-18(24-27(25)22(2,3)4)16-12-14-17(15-13-16)21-23-19-10-7-8-11-20(19)26-21/h7-8,10-15,18,24H,5-6,9H2,1-4H3. The molecule has 0 radical (unpaired) electrons. The molecule has 0 saturated carbocycles. The third-order valence-electron chi connectivity index (χ3n) is 4.51. The van der Waals surface area contributed by atoms with E-state index in [2.05, 4.69) is 28.8 Å². The zero-order valence-corrected chi connectivity index (χ0v) is 17.3. The van der Waals surface area contributed by atoms with E-state index in [4.69, 9.17) is 4.42 Å². The fraction of sp³-hybridized carbons (Fsp3) is 0.409. The monoisotopic (exact) mass is 384 g/mol. The van der Waals surface area contributed by atoms with Crippen LogP contribution in [0.25, 0.3) is 22.6 Å². The second kappa shape index (κ2) is 8.46. The lowest BCUT2D eigenvalue weighted by Gasteiger charge is -2.28. The van der Waals surface area contributed by atoms with Crippen molar-refractivity contribution in [1.82, 2.24) is 9.71 Å². The molecule has 0 aliphatic rings. The molecule has 2 aromatic carbocycles. The minimum absolute atomic E-state index is 0.0719. The van der Waals surface area contributed by atoms with Crippen LogP contribution < -0.4 is 4.72 Å². The van der Waals surface area contributed by atoms with Gasteiger partial charge in [-0.25, -0.2) is 4.98 Å². The van der Waals surface area contributed by atoms with Gasteiger partial charge in [0.15, 0.2) is 5.58 Å². The normalized spacial score (nSPS) is 14.4. The molecule has 1 N–H and O–H groups in total. The SMILES string of the molecule is CCCCC(N[S+]([O-])C(C)(C)C)c1ccc(-c2nc3ccccc3o2)cc1. The Bertz CT molecular complexity index is 835. The number of benzene rings is 2. The number of nitrogens with zero attached hydrogens (tertiary/aromatic N) is 1. The lowest BCUT2D eigenvalue weighted by molar-refractivity contribution is 0.502. The first-order valence-electron chi connectivity index (χ1n) is 9.52. The molecule has 0 aliphatic heterocycles. The predicted molar refractivity (Wildman–Crippen MR) is 113 cm³/mol. The van der Waals surface area contributed by atoms with E-state index in [1.54, 1.807) is 0 Å². The van der Waals surface area contributed by atoms with Gasteiger partial charge in [0.2, 0.25) is 5.89 Å². The van der Waals surface area contributed by atoms with Crippen molar-refractivity contribution in [3.8, 4) is 11.5 Å². The summed E-state index contributed by atoms with van der Waals surface area (Å²) in [4.78, 5) is 4.56. The van der Waals surface area contributed by atoms with Gasteiger partial charge in [0.05, 0.1) is 6.04 Å². The largest absolute Gasteiger partial charge is 0.598 e. The van der Waals surface area contributed by atoms with Gasteiger partial charge in [-0.3, -0.25) is 0 Å². The highest BCUT2D eigenvalue weighted by atomic mass is 32.2. The fourth-order valence-corrected chi connectivity index (χ4v) is 3.73. The Labute approximate surface area is 164 Å². The Morgan fingerprint density at radius 1 is 1.11 bits per heavy atom. The van der Waals surface area contributed by atoms with Gasteiger partial charge in [0.25, 0.3) is 0 Å². The van der Waals surface area contributed by atoms with Crippen molar-refractivity contribution in [3.05, 3.63) is 54.1 Å². The van der Waals surface area contributed by atoms with E-state index in [1.807, 2.05) is 57.2 Å². The van der Waals surface area contributed by atoms with Gasteiger partial charge in [-0.15, -0.1) is 4.72 Å². The molecule has 3 aromatic rings. The summed E-state index contributed by atoms with van der Waals surface area (Å²) in [6.07, 6.45) is 3.16. The number of fused-ring (bicyclic) bond motifs is 1. The number of hydrogen-bond donors (Lipinski definition) is 1. The van der Waals surface area contributed by atoms with Gasteiger partial charge in [0, 0.05) is 16.9 Å². The Morgan fingerprint density at radius 2 is 1.81 bits per heavy atom. The summed E-state index contributed by atoms with van der Waals surface area (Å²) in [6, 6.07) is 16.1. The smallest absolute Gasteiger partial charge is 0.227 e. The number of oxazole rings is 1. The third-order valence-corrected chi connectivity index (χ3v) is 6.12. The second-order valence-corrected chi connectivity index (χ2v) is 9.80. The van der Waals surface area contributed by atoms with E-state index in [1.165, 1.54) is 0 Å². The average molecular weight is 385 g/mol. The highest BCUT2D eigenvalue weighted by Gasteiger charge is 2.29. The Kier molecular flexibility index (Phi) is 6.25. The first-order valence-corrected chi connectivity index (χ1v) is 10.7. The van der Waals surface area contributed by atoms with E-state index in [0.717, 1.165) is 41.5 Å². The summed E-state index contributed by atoms with van der Waals surface area (Å²) in [7, 11) is 0. The quantitative estimate of drug-likeness (QED) is 0.525. The van der Waals surface area contributed by atoms with Crippen LogP contribution in [-0.2, 0) is 11.4 Å². The Balaban J connectivity index is 1.81.